The lowest BCUT2D eigenvalue weighted by Crippen LogP contribution is -2.61. The van der Waals surface area contributed by atoms with Crippen molar-refractivity contribution in [2.45, 2.75) is 37.4 Å². The molecule has 0 aromatic rings. The van der Waals surface area contributed by atoms with E-state index in [0.29, 0.717) is 0 Å². The fourth-order valence-electron chi connectivity index (χ4n) is 1.99. The molecule has 20 heavy (non-hydrogen) atoms. The van der Waals surface area contributed by atoms with Crippen LogP contribution in [0.25, 0.3) is 0 Å². The van der Waals surface area contributed by atoms with E-state index in [1.807, 2.05) is 0 Å². The molecule has 1 aliphatic heterocycles. The molecule has 6 atom stereocenters. The summed E-state index contributed by atoms with van der Waals surface area (Å²) < 4.78 is 21.9. The lowest BCUT2D eigenvalue weighted by molar-refractivity contribution is -0.127. The molecule has 0 unspecified atom stereocenters. The predicted molar refractivity (Wildman–Crippen MR) is 67.1 cm³/mol. The van der Waals surface area contributed by atoms with Crippen molar-refractivity contribution in [3.8, 4) is 0 Å². The molecule has 0 aliphatic carbocycles. The summed E-state index contributed by atoms with van der Waals surface area (Å²) in [5.41, 5.74) is 0. The maximum atomic E-state index is 12.1. The number of carbonyl (C=O) groups is 1. The highest BCUT2D eigenvalue weighted by Crippen LogP contribution is 2.53. The van der Waals surface area contributed by atoms with Gasteiger partial charge in [-0.1, -0.05) is 0 Å². The second-order valence-corrected chi connectivity index (χ2v) is 6.74. The number of aliphatic hydroxyl groups excluding tert-OH is 4. The molecule has 1 heterocycles. The van der Waals surface area contributed by atoms with Crippen LogP contribution in [0.3, 0.4) is 0 Å². The number of amides is 1. The molecule has 0 spiro atoms. The number of carbonyl (C=O) groups excluding carboxylic acids is 1. The fraction of sp³-hybridized carbons (Fsp3) is 0.900. The van der Waals surface area contributed by atoms with Gasteiger partial charge in [-0.05, 0) is 0 Å². The van der Waals surface area contributed by atoms with Crippen LogP contribution in [0.5, 0.6) is 0 Å². The van der Waals surface area contributed by atoms with E-state index in [1.165, 1.54) is 6.92 Å². The van der Waals surface area contributed by atoms with Crippen LogP contribution in [0, 0.1) is 0 Å². The molecule has 0 aromatic carbocycles. The van der Waals surface area contributed by atoms with Gasteiger partial charge in [-0.3, -0.25) is 9.36 Å². The van der Waals surface area contributed by atoms with E-state index in [4.69, 9.17) is 14.2 Å². The molecule has 1 amide bonds. The molecule has 0 aromatic heterocycles. The molecule has 5 N–H and O–H groups in total. The summed E-state index contributed by atoms with van der Waals surface area (Å²) in [6.07, 6.45) is -6.26. The third kappa shape index (κ3) is 3.98. The summed E-state index contributed by atoms with van der Waals surface area (Å²) in [6.45, 7) is 0.435. The van der Waals surface area contributed by atoms with Gasteiger partial charge < -0.3 is 34.8 Å². The van der Waals surface area contributed by atoms with Crippen LogP contribution in [0.4, 0.5) is 0 Å². The van der Waals surface area contributed by atoms with Crippen molar-refractivity contribution in [3.05, 3.63) is 0 Å². The van der Waals surface area contributed by atoms with Gasteiger partial charge in [-0.2, -0.15) is 0 Å². The lowest BCUT2D eigenvalue weighted by Gasteiger charge is -2.41. The second-order valence-electron chi connectivity index (χ2n) is 4.58. The standard InChI is InChI=1S/C10H20NO8P/c1-5(13)11-8-7(15)4-20(17,18-2)19-10(8)9(16)6(14)3-12/h6-10,12,14-16H,3-4H2,1-2H3,(H,11,13)/t6-,7-,8+,9-,10+,20+/m0/s1. The second kappa shape index (κ2) is 6.95. The predicted octanol–water partition coefficient (Wildman–Crippen LogP) is -2.20. The normalized spacial score (nSPS) is 37.2. The quantitative estimate of drug-likeness (QED) is 0.360. The highest BCUT2D eigenvalue weighted by molar-refractivity contribution is 7.54. The van der Waals surface area contributed by atoms with E-state index in [0.717, 1.165) is 7.11 Å². The number of aliphatic hydroxyl groups is 4. The van der Waals surface area contributed by atoms with Crippen LogP contribution in [0.2, 0.25) is 0 Å². The Morgan fingerprint density at radius 3 is 2.60 bits per heavy atom. The molecule has 1 saturated heterocycles. The van der Waals surface area contributed by atoms with Crippen LogP contribution in [-0.2, 0) is 18.4 Å². The van der Waals surface area contributed by atoms with Crippen LogP contribution in [-0.4, -0.2) is 76.7 Å². The summed E-state index contributed by atoms with van der Waals surface area (Å²) in [7, 11) is -2.52. The summed E-state index contributed by atoms with van der Waals surface area (Å²) in [6, 6.07) is -1.08. The Balaban J connectivity index is 3.01. The molecule has 0 radical (unpaired) electrons. The van der Waals surface area contributed by atoms with Gasteiger partial charge in [0.2, 0.25) is 5.91 Å². The van der Waals surface area contributed by atoms with Crippen LogP contribution in [0.15, 0.2) is 0 Å². The van der Waals surface area contributed by atoms with Crippen LogP contribution < -0.4 is 5.32 Å². The van der Waals surface area contributed by atoms with Gasteiger partial charge in [0.15, 0.2) is 0 Å². The Bertz CT molecular complexity index is 391. The van der Waals surface area contributed by atoms with Crippen LogP contribution in [0.1, 0.15) is 6.92 Å². The average molecular weight is 313 g/mol. The zero-order valence-electron chi connectivity index (χ0n) is 11.2. The highest BCUT2D eigenvalue weighted by Gasteiger charge is 2.49. The average Bonchev–Trinajstić information content (AvgIpc) is 2.39. The minimum atomic E-state index is -3.65. The van der Waals surface area contributed by atoms with Gasteiger partial charge >= 0.3 is 7.60 Å². The van der Waals surface area contributed by atoms with Crippen LogP contribution >= 0.6 is 7.60 Å². The molecular formula is C10H20NO8P. The Kier molecular flexibility index (Phi) is 6.08. The number of rotatable bonds is 5. The highest BCUT2D eigenvalue weighted by atomic mass is 31.2. The Hall–Kier alpha value is -0.540. The number of hydrogen-bond acceptors (Lipinski definition) is 8. The van der Waals surface area contributed by atoms with Gasteiger partial charge in [0.05, 0.1) is 24.9 Å². The molecular weight excluding hydrogens is 293 g/mol. The van der Waals surface area contributed by atoms with E-state index in [1.54, 1.807) is 0 Å². The van der Waals surface area contributed by atoms with Gasteiger partial charge in [0, 0.05) is 14.0 Å². The van der Waals surface area contributed by atoms with Gasteiger partial charge in [0.25, 0.3) is 0 Å². The van der Waals surface area contributed by atoms with E-state index >= 15 is 0 Å². The van der Waals surface area contributed by atoms with Crippen molar-refractivity contribution in [2.24, 2.45) is 0 Å². The van der Waals surface area contributed by atoms with Gasteiger partial charge in [0.1, 0.15) is 18.3 Å². The number of hydrogen-bond donors (Lipinski definition) is 5. The Morgan fingerprint density at radius 1 is 1.55 bits per heavy atom. The first kappa shape index (κ1) is 17.5. The maximum absolute atomic E-state index is 12.1. The SMILES string of the molecule is CO[P@]1(=O)C[C@H](O)[C@@H](NC(C)=O)[C@H]([C@@H](O)[C@@H](O)CO)O1. The van der Waals surface area contributed by atoms with E-state index < -0.39 is 50.6 Å². The first-order chi connectivity index (χ1) is 9.24. The molecule has 118 valence electrons. The van der Waals surface area contributed by atoms with E-state index in [2.05, 4.69) is 5.32 Å². The Morgan fingerprint density at radius 2 is 2.15 bits per heavy atom. The van der Waals surface area contributed by atoms with Crippen molar-refractivity contribution in [1.29, 1.82) is 0 Å². The first-order valence-electron chi connectivity index (χ1n) is 5.99. The zero-order valence-corrected chi connectivity index (χ0v) is 12.1. The monoisotopic (exact) mass is 313 g/mol. The van der Waals surface area contributed by atoms with Crippen molar-refractivity contribution >= 4 is 13.5 Å². The number of nitrogens with one attached hydrogen (secondary N) is 1. The van der Waals surface area contributed by atoms with Crippen molar-refractivity contribution in [1.82, 2.24) is 5.32 Å². The summed E-state index contributed by atoms with van der Waals surface area (Å²) in [4.78, 5) is 11.1. The fourth-order valence-corrected chi connectivity index (χ4v) is 3.62. The molecule has 1 aliphatic rings. The zero-order chi connectivity index (χ0) is 15.5. The maximum Gasteiger partial charge on any atom is 0.333 e. The molecule has 0 bridgehead atoms. The van der Waals surface area contributed by atoms with Gasteiger partial charge in [-0.15, -0.1) is 0 Å². The Labute approximate surface area is 116 Å². The third-order valence-electron chi connectivity index (χ3n) is 3.03. The van der Waals surface area contributed by atoms with Crippen molar-refractivity contribution < 1.29 is 38.8 Å². The largest absolute Gasteiger partial charge is 0.394 e. The molecule has 1 rings (SSSR count). The summed E-state index contributed by atoms with van der Waals surface area (Å²) >= 11 is 0. The summed E-state index contributed by atoms with van der Waals surface area (Å²) in [5, 5.41) is 40.5. The van der Waals surface area contributed by atoms with E-state index in [-0.39, 0.29) is 6.16 Å². The lowest BCUT2D eigenvalue weighted by atomic mass is 9.97. The molecule has 9 nitrogen and oxygen atoms in total. The minimum absolute atomic E-state index is 0.354. The van der Waals surface area contributed by atoms with Gasteiger partial charge in [-0.25, -0.2) is 0 Å². The smallest absolute Gasteiger partial charge is 0.333 e. The van der Waals surface area contributed by atoms with Crippen molar-refractivity contribution in [2.75, 3.05) is 19.9 Å². The van der Waals surface area contributed by atoms with E-state index in [9.17, 15) is 24.7 Å². The molecule has 0 saturated carbocycles. The van der Waals surface area contributed by atoms with Crippen molar-refractivity contribution in [3.63, 3.8) is 0 Å². The molecule has 10 heteroatoms. The third-order valence-corrected chi connectivity index (χ3v) is 4.97. The molecule has 1 fully saturated rings. The topological polar surface area (TPSA) is 146 Å². The minimum Gasteiger partial charge on any atom is -0.394 e. The first-order valence-corrected chi connectivity index (χ1v) is 7.72. The summed E-state index contributed by atoms with van der Waals surface area (Å²) in [5.74, 6) is -0.498.